The third-order valence-corrected chi connectivity index (χ3v) is 3.39. The SMILES string of the molecule is CNc1cccc(C(=O)NCCc2ccc(OC)c(OC)c2)n1. The van der Waals surface area contributed by atoms with Crippen molar-refractivity contribution in [3.05, 3.63) is 47.7 Å². The first kappa shape index (κ1) is 16.6. The highest BCUT2D eigenvalue weighted by Crippen LogP contribution is 2.27. The van der Waals surface area contributed by atoms with Gasteiger partial charge in [0.25, 0.3) is 5.91 Å². The summed E-state index contributed by atoms with van der Waals surface area (Å²) in [4.78, 5) is 16.3. The molecule has 2 N–H and O–H groups in total. The number of nitrogens with one attached hydrogen (secondary N) is 2. The highest BCUT2D eigenvalue weighted by Gasteiger charge is 2.08. The molecule has 23 heavy (non-hydrogen) atoms. The zero-order chi connectivity index (χ0) is 16.7. The molecule has 0 unspecified atom stereocenters. The van der Waals surface area contributed by atoms with E-state index in [2.05, 4.69) is 15.6 Å². The van der Waals surface area contributed by atoms with Crippen LogP contribution in [0.15, 0.2) is 36.4 Å². The lowest BCUT2D eigenvalue weighted by Gasteiger charge is -2.10. The largest absolute Gasteiger partial charge is 0.493 e. The minimum absolute atomic E-state index is 0.192. The number of anilines is 1. The lowest BCUT2D eigenvalue weighted by Crippen LogP contribution is -2.26. The summed E-state index contributed by atoms with van der Waals surface area (Å²) < 4.78 is 10.5. The topological polar surface area (TPSA) is 72.5 Å². The molecular weight excluding hydrogens is 294 g/mol. The Morgan fingerprint density at radius 3 is 2.61 bits per heavy atom. The molecule has 0 aliphatic rings. The highest BCUT2D eigenvalue weighted by molar-refractivity contribution is 5.92. The van der Waals surface area contributed by atoms with E-state index in [0.717, 1.165) is 5.56 Å². The minimum Gasteiger partial charge on any atom is -0.493 e. The van der Waals surface area contributed by atoms with Gasteiger partial charge in [-0.15, -0.1) is 0 Å². The number of ether oxygens (including phenoxy) is 2. The molecule has 0 saturated heterocycles. The standard InChI is InChI=1S/C17H21N3O3/c1-18-16-6-4-5-13(20-16)17(21)19-10-9-12-7-8-14(22-2)15(11-12)23-3/h4-8,11H,9-10H2,1-3H3,(H,18,20)(H,19,21). The van der Waals surface area contributed by atoms with Gasteiger partial charge in [-0.2, -0.15) is 0 Å². The second-order valence-electron chi connectivity index (χ2n) is 4.85. The first-order valence-corrected chi connectivity index (χ1v) is 7.32. The number of rotatable bonds is 7. The van der Waals surface area contributed by atoms with E-state index in [0.29, 0.717) is 36.0 Å². The number of methoxy groups -OCH3 is 2. The molecule has 0 aliphatic carbocycles. The fraction of sp³-hybridized carbons (Fsp3) is 0.294. The van der Waals surface area contributed by atoms with Crippen LogP contribution in [0.3, 0.4) is 0 Å². The lowest BCUT2D eigenvalue weighted by atomic mass is 10.1. The number of nitrogens with zero attached hydrogens (tertiary/aromatic N) is 1. The van der Waals surface area contributed by atoms with E-state index >= 15 is 0 Å². The van der Waals surface area contributed by atoms with Gasteiger partial charge < -0.3 is 20.1 Å². The fourth-order valence-corrected chi connectivity index (χ4v) is 2.15. The summed E-state index contributed by atoms with van der Waals surface area (Å²) in [6.45, 7) is 0.514. The number of hydrogen-bond acceptors (Lipinski definition) is 5. The lowest BCUT2D eigenvalue weighted by molar-refractivity contribution is 0.0949. The molecule has 1 amide bonds. The van der Waals surface area contributed by atoms with Gasteiger partial charge in [-0.25, -0.2) is 4.98 Å². The molecule has 2 aromatic rings. The van der Waals surface area contributed by atoms with Crippen LogP contribution in [-0.2, 0) is 6.42 Å². The Morgan fingerprint density at radius 2 is 1.91 bits per heavy atom. The molecule has 0 saturated carbocycles. The third-order valence-electron chi connectivity index (χ3n) is 3.39. The van der Waals surface area contributed by atoms with Gasteiger partial charge in [0.1, 0.15) is 11.5 Å². The number of amides is 1. The Kier molecular flexibility index (Phi) is 5.80. The molecule has 0 radical (unpaired) electrons. The number of carbonyl (C=O) groups excluding carboxylic acids is 1. The molecule has 1 aromatic heterocycles. The summed E-state index contributed by atoms with van der Waals surface area (Å²) in [5.74, 6) is 1.84. The Morgan fingerprint density at radius 1 is 1.13 bits per heavy atom. The summed E-state index contributed by atoms with van der Waals surface area (Å²) in [6, 6.07) is 11.0. The number of aromatic nitrogens is 1. The molecule has 122 valence electrons. The predicted octanol–water partition coefficient (Wildman–Crippen LogP) is 2.11. The fourth-order valence-electron chi connectivity index (χ4n) is 2.15. The van der Waals surface area contributed by atoms with E-state index in [9.17, 15) is 4.79 Å². The molecule has 0 aliphatic heterocycles. The smallest absolute Gasteiger partial charge is 0.269 e. The van der Waals surface area contributed by atoms with Crippen molar-refractivity contribution in [1.82, 2.24) is 10.3 Å². The second-order valence-corrected chi connectivity index (χ2v) is 4.85. The third kappa shape index (κ3) is 4.35. The maximum absolute atomic E-state index is 12.1. The van der Waals surface area contributed by atoms with E-state index in [1.165, 1.54) is 0 Å². The maximum atomic E-state index is 12.1. The van der Waals surface area contributed by atoms with Crippen LogP contribution >= 0.6 is 0 Å². The first-order valence-electron chi connectivity index (χ1n) is 7.32. The predicted molar refractivity (Wildman–Crippen MR) is 89.4 cm³/mol. The molecular formula is C17H21N3O3. The van der Waals surface area contributed by atoms with Gasteiger partial charge in [-0.3, -0.25) is 4.79 Å². The minimum atomic E-state index is -0.192. The normalized spacial score (nSPS) is 10.0. The van der Waals surface area contributed by atoms with Crippen LogP contribution in [0.25, 0.3) is 0 Å². The number of benzene rings is 1. The Hall–Kier alpha value is -2.76. The van der Waals surface area contributed by atoms with Crippen LogP contribution in [0.1, 0.15) is 16.1 Å². The van der Waals surface area contributed by atoms with Crippen molar-refractivity contribution in [3.8, 4) is 11.5 Å². The number of carbonyl (C=O) groups is 1. The van der Waals surface area contributed by atoms with Crippen molar-refractivity contribution >= 4 is 11.7 Å². The van der Waals surface area contributed by atoms with Crippen molar-refractivity contribution in [3.63, 3.8) is 0 Å². The molecule has 0 bridgehead atoms. The van der Waals surface area contributed by atoms with Crippen molar-refractivity contribution in [1.29, 1.82) is 0 Å². The van der Waals surface area contributed by atoms with Gasteiger partial charge in [0.15, 0.2) is 11.5 Å². The summed E-state index contributed by atoms with van der Waals surface area (Å²) in [7, 11) is 4.97. The average Bonchev–Trinajstić information content (AvgIpc) is 2.61. The van der Waals surface area contributed by atoms with Crippen molar-refractivity contribution in [2.75, 3.05) is 33.1 Å². The monoisotopic (exact) mass is 315 g/mol. The summed E-state index contributed by atoms with van der Waals surface area (Å²) in [6.07, 6.45) is 0.692. The van der Waals surface area contributed by atoms with E-state index in [1.807, 2.05) is 18.2 Å². The highest BCUT2D eigenvalue weighted by atomic mass is 16.5. The molecule has 0 spiro atoms. The summed E-state index contributed by atoms with van der Waals surface area (Å²) in [5.41, 5.74) is 1.45. The second kappa shape index (κ2) is 8.03. The van der Waals surface area contributed by atoms with Gasteiger partial charge >= 0.3 is 0 Å². The van der Waals surface area contributed by atoms with Crippen LogP contribution < -0.4 is 20.1 Å². The van der Waals surface area contributed by atoms with Crippen molar-refractivity contribution < 1.29 is 14.3 Å². The van der Waals surface area contributed by atoms with Crippen LogP contribution in [0, 0.1) is 0 Å². The van der Waals surface area contributed by atoms with Crippen molar-refractivity contribution in [2.24, 2.45) is 0 Å². The quantitative estimate of drug-likeness (QED) is 0.819. The number of hydrogen-bond donors (Lipinski definition) is 2. The van der Waals surface area contributed by atoms with Gasteiger partial charge in [0.2, 0.25) is 0 Å². The van der Waals surface area contributed by atoms with Crippen LogP contribution in [0.4, 0.5) is 5.82 Å². The molecule has 1 aromatic carbocycles. The van der Waals surface area contributed by atoms with E-state index in [1.54, 1.807) is 39.5 Å². The van der Waals surface area contributed by atoms with Crippen LogP contribution in [-0.4, -0.2) is 38.7 Å². The molecule has 2 rings (SSSR count). The summed E-state index contributed by atoms with van der Waals surface area (Å²) in [5, 5.41) is 5.77. The van der Waals surface area contributed by atoms with Gasteiger partial charge in [-0.1, -0.05) is 12.1 Å². The zero-order valence-corrected chi connectivity index (χ0v) is 13.6. The molecule has 0 fully saturated rings. The van der Waals surface area contributed by atoms with Crippen LogP contribution in [0.5, 0.6) is 11.5 Å². The van der Waals surface area contributed by atoms with Gasteiger partial charge in [0.05, 0.1) is 14.2 Å². The Bertz CT molecular complexity index is 674. The van der Waals surface area contributed by atoms with Crippen molar-refractivity contribution in [2.45, 2.75) is 6.42 Å². The van der Waals surface area contributed by atoms with Crippen LogP contribution in [0.2, 0.25) is 0 Å². The Balaban J connectivity index is 1.92. The molecule has 6 nitrogen and oxygen atoms in total. The van der Waals surface area contributed by atoms with E-state index < -0.39 is 0 Å². The molecule has 0 atom stereocenters. The van der Waals surface area contributed by atoms with Gasteiger partial charge in [0, 0.05) is 13.6 Å². The maximum Gasteiger partial charge on any atom is 0.269 e. The summed E-state index contributed by atoms with van der Waals surface area (Å²) >= 11 is 0. The van der Waals surface area contributed by atoms with E-state index in [4.69, 9.17) is 9.47 Å². The number of pyridine rings is 1. The molecule has 6 heteroatoms. The van der Waals surface area contributed by atoms with E-state index in [-0.39, 0.29) is 5.91 Å². The average molecular weight is 315 g/mol. The molecule has 1 heterocycles. The Labute approximate surface area is 135 Å². The first-order chi connectivity index (χ1) is 11.2. The zero-order valence-electron chi connectivity index (χ0n) is 13.6. The van der Waals surface area contributed by atoms with Gasteiger partial charge in [-0.05, 0) is 36.2 Å².